The maximum atomic E-state index is 5.24. The lowest BCUT2D eigenvalue weighted by Crippen LogP contribution is -2.40. The Kier molecular flexibility index (Phi) is 2.98. The molecule has 1 aliphatic carbocycles. The SMILES string of the molecule is COC1CC(Nc2cncc(NN)n2)C1. The summed E-state index contributed by atoms with van der Waals surface area (Å²) in [4.78, 5) is 8.22. The quantitative estimate of drug-likeness (QED) is 0.490. The van der Waals surface area contributed by atoms with Crippen molar-refractivity contribution in [2.75, 3.05) is 17.9 Å². The maximum Gasteiger partial charge on any atom is 0.160 e. The fourth-order valence-corrected chi connectivity index (χ4v) is 1.59. The molecule has 0 amide bonds. The zero-order valence-corrected chi connectivity index (χ0v) is 8.60. The van der Waals surface area contributed by atoms with E-state index in [1.165, 1.54) is 0 Å². The Morgan fingerprint density at radius 1 is 1.40 bits per heavy atom. The molecule has 0 bridgehead atoms. The van der Waals surface area contributed by atoms with Gasteiger partial charge in [0.05, 0.1) is 18.5 Å². The molecule has 1 heterocycles. The molecule has 6 nitrogen and oxygen atoms in total. The monoisotopic (exact) mass is 209 g/mol. The van der Waals surface area contributed by atoms with Crippen LogP contribution < -0.4 is 16.6 Å². The van der Waals surface area contributed by atoms with Crippen molar-refractivity contribution < 1.29 is 4.74 Å². The van der Waals surface area contributed by atoms with Crippen LogP contribution in [0.3, 0.4) is 0 Å². The lowest BCUT2D eigenvalue weighted by Gasteiger charge is -2.34. The van der Waals surface area contributed by atoms with Gasteiger partial charge >= 0.3 is 0 Å². The molecule has 1 fully saturated rings. The van der Waals surface area contributed by atoms with Gasteiger partial charge in [-0.3, -0.25) is 4.98 Å². The first kappa shape index (κ1) is 10.1. The average molecular weight is 209 g/mol. The molecule has 1 saturated carbocycles. The van der Waals surface area contributed by atoms with E-state index in [-0.39, 0.29) is 0 Å². The molecule has 15 heavy (non-hydrogen) atoms. The molecule has 0 unspecified atom stereocenters. The summed E-state index contributed by atoms with van der Waals surface area (Å²) in [5.41, 5.74) is 2.46. The first-order valence-corrected chi connectivity index (χ1v) is 4.90. The zero-order chi connectivity index (χ0) is 10.7. The number of rotatable bonds is 4. The van der Waals surface area contributed by atoms with Crippen LogP contribution >= 0.6 is 0 Å². The van der Waals surface area contributed by atoms with Gasteiger partial charge < -0.3 is 15.5 Å². The second kappa shape index (κ2) is 4.41. The molecule has 6 heteroatoms. The molecule has 1 aromatic heterocycles. The summed E-state index contributed by atoms with van der Waals surface area (Å²) in [6, 6.07) is 0.428. The standard InChI is InChI=1S/C9H15N5O/c1-15-7-2-6(3-7)12-8-4-11-5-9(13-8)14-10/h4-7H,2-3,10H2,1H3,(H2,12,13,14). The second-order valence-electron chi connectivity index (χ2n) is 3.60. The molecule has 4 N–H and O–H groups in total. The number of ether oxygens (including phenoxy) is 1. The smallest absolute Gasteiger partial charge is 0.160 e. The Morgan fingerprint density at radius 2 is 2.13 bits per heavy atom. The summed E-state index contributed by atoms with van der Waals surface area (Å²) >= 11 is 0. The fraction of sp³-hybridized carbons (Fsp3) is 0.556. The number of aromatic nitrogens is 2. The number of nitrogens with zero attached hydrogens (tertiary/aromatic N) is 2. The van der Waals surface area contributed by atoms with Gasteiger partial charge in [-0.15, -0.1) is 0 Å². The third-order valence-electron chi connectivity index (χ3n) is 2.56. The van der Waals surface area contributed by atoms with Crippen molar-refractivity contribution in [3.63, 3.8) is 0 Å². The van der Waals surface area contributed by atoms with Crippen LogP contribution in [0.4, 0.5) is 11.6 Å². The first-order valence-electron chi connectivity index (χ1n) is 4.90. The van der Waals surface area contributed by atoms with Crippen LogP contribution in [-0.2, 0) is 4.74 Å². The van der Waals surface area contributed by atoms with Gasteiger partial charge in [0.15, 0.2) is 5.82 Å². The number of nitrogen functional groups attached to an aromatic ring is 1. The van der Waals surface area contributed by atoms with E-state index in [2.05, 4.69) is 20.7 Å². The van der Waals surface area contributed by atoms with Crippen molar-refractivity contribution in [1.82, 2.24) is 9.97 Å². The normalized spacial score (nSPS) is 24.4. The minimum absolute atomic E-state index is 0.381. The minimum atomic E-state index is 0.381. The average Bonchev–Trinajstić information content (AvgIpc) is 2.23. The molecule has 0 radical (unpaired) electrons. The number of nitrogens with one attached hydrogen (secondary N) is 2. The van der Waals surface area contributed by atoms with Gasteiger partial charge in [-0.05, 0) is 12.8 Å². The molecule has 1 aromatic rings. The van der Waals surface area contributed by atoms with Crippen molar-refractivity contribution in [3.8, 4) is 0 Å². The minimum Gasteiger partial charge on any atom is -0.381 e. The molecular weight excluding hydrogens is 194 g/mol. The zero-order valence-electron chi connectivity index (χ0n) is 8.60. The topological polar surface area (TPSA) is 85.1 Å². The van der Waals surface area contributed by atoms with E-state index in [9.17, 15) is 0 Å². The summed E-state index contributed by atoms with van der Waals surface area (Å²) in [5.74, 6) is 6.54. The van der Waals surface area contributed by atoms with Gasteiger partial charge in [0.25, 0.3) is 0 Å². The van der Waals surface area contributed by atoms with Gasteiger partial charge in [-0.1, -0.05) is 0 Å². The first-order chi connectivity index (χ1) is 7.31. The van der Waals surface area contributed by atoms with E-state index in [1.807, 2.05) is 0 Å². The van der Waals surface area contributed by atoms with E-state index < -0.39 is 0 Å². The number of hydrogen-bond donors (Lipinski definition) is 3. The van der Waals surface area contributed by atoms with Gasteiger partial charge in [0.1, 0.15) is 5.82 Å². The van der Waals surface area contributed by atoms with Gasteiger partial charge in [0, 0.05) is 13.2 Å². The molecule has 1 aliphatic rings. The van der Waals surface area contributed by atoms with Crippen LogP contribution in [0.5, 0.6) is 0 Å². The molecule has 0 saturated heterocycles. The Hall–Kier alpha value is -1.40. The van der Waals surface area contributed by atoms with Crippen molar-refractivity contribution in [2.24, 2.45) is 5.84 Å². The maximum absolute atomic E-state index is 5.24. The van der Waals surface area contributed by atoms with Crippen LogP contribution in [0.25, 0.3) is 0 Å². The predicted octanol–water partition coefficient (Wildman–Crippen LogP) is 0.352. The van der Waals surface area contributed by atoms with Crippen LogP contribution in [0.15, 0.2) is 12.4 Å². The largest absolute Gasteiger partial charge is 0.381 e. The Bertz CT molecular complexity index is 326. The number of methoxy groups -OCH3 is 1. The third-order valence-corrected chi connectivity index (χ3v) is 2.56. The fourth-order valence-electron chi connectivity index (χ4n) is 1.59. The highest BCUT2D eigenvalue weighted by atomic mass is 16.5. The molecule has 0 aliphatic heterocycles. The van der Waals surface area contributed by atoms with Gasteiger partial charge in [-0.25, -0.2) is 10.8 Å². The number of anilines is 2. The molecule has 0 spiro atoms. The highest BCUT2D eigenvalue weighted by molar-refractivity contribution is 5.41. The van der Waals surface area contributed by atoms with Crippen LogP contribution in [0.1, 0.15) is 12.8 Å². The van der Waals surface area contributed by atoms with E-state index in [4.69, 9.17) is 10.6 Å². The van der Waals surface area contributed by atoms with Crippen molar-refractivity contribution in [1.29, 1.82) is 0 Å². The Labute approximate surface area is 88.2 Å². The van der Waals surface area contributed by atoms with Gasteiger partial charge in [-0.2, -0.15) is 0 Å². The molecule has 0 aromatic carbocycles. The van der Waals surface area contributed by atoms with Crippen molar-refractivity contribution in [3.05, 3.63) is 12.4 Å². The van der Waals surface area contributed by atoms with Crippen LogP contribution in [0, 0.1) is 0 Å². The number of nitrogens with two attached hydrogens (primary N) is 1. The van der Waals surface area contributed by atoms with Crippen LogP contribution in [0.2, 0.25) is 0 Å². The summed E-state index contributed by atoms with van der Waals surface area (Å²) in [5, 5.41) is 3.27. The number of hydrogen-bond acceptors (Lipinski definition) is 6. The van der Waals surface area contributed by atoms with E-state index in [0.29, 0.717) is 18.0 Å². The van der Waals surface area contributed by atoms with Gasteiger partial charge in [0.2, 0.25) is 0 Å². The Morgan fingerprint density at radius 3 is 2.80 bits per heavy atom. The molecular formula is C9H15N5O. The summed E-state index contributed by atoms with van der Waals surface area (Å²) in [7, 11) is 1.74. The molecule has 82 valence electrons. The highest BCUT2D eigenvalue weighted by Crippen LogP contribution is 2.25. The third kappa shape index (κ3) is 2.34. The summed E-state index contributed by atoms with van der Waals surface area (Å²) < 4.78 is 5.19. The number of hydrazine groups is 1. The lowest BCUT2D eigenvalue weighted by atomic mass is 9.89. The van der Waals surface area contributed by atoms with E-state index >= 15 is 0 Å². The lowest BCUT2D eigenvalue weighted by molar-refractivity contribution is 0.0328. The van der Waals surface area contributed by atoms with E-state index in [1.54, 1.807) is 19.5 Å². The summed E-state index contributed by atoms with van der Waals surface area (Å²) in [6.07, 6.45) is 5.66. The summed E-state index contributed by atoms with van der Waals surface area (Å²) in [6.45, 7) is 0. The second-order valence-corrected chi connectivity index (χ2v) is 3.60. The highest BCUT2D eigenvalue weighted by Gasteiger charge is 2.28. The predicted molar refractivity (Wildman–Crippen MR) is 57.3 cm³/mol. The van der Waals surface area contributed by atoms with Crippen molar-refractivity contribution >= 4 is 11.6 Å². The molecule has 0 atom stereocenters. The Balaban J connectivity index is 1.88. The van der Waals surface area contributed by atoms with Crippen LogP contribution in [-0.4, -0.2) is 29.2 Å². The van der Waals surface area contributed by atoms with E-state index in [0.717, 1.165) is 18.7 Å². The van der Waals surface area contributed by atoms with Crippen molar-refractivity contribution in [2.45, 2.75) is 25.0 Å². The molecule has 2 rings (SSSR count).